The number of halogens is 6. The van der Waals surface area contributed by atoms with Gasteiger partial charge in [-0.3, -0.25) is 9.59 Å². The fourth-order valence-electron chi connectivity index (χ4n) is 4.70. The fraction of sp³-hybridized carbons (Fsp3) is 0.429. The number of amides is 2. The molecule has 0 aromatic heterocycles. The molecule has 7 nitrogen and oxygen atoms in total. The predicted molar refractivity (Wildman–Crippen MR) is 140 cm³/mol. The van der Waals surface area contributed by atoms with Gasteiger partial charge in [-0.15, -0.1) is 0 Å². The number of benzene rings is 2. The number of unbranched alkanes of at least 4 members (excludes halogenated alkanes) is 2. The fourth-order valence-corrected chi connectivity index (χ4v) is 5.98. The molecule has 14 heteroatoms. The predicted octanol–water partition coefficient (Wildman–Crippen LogP) is 5.53. The van der Waals surface area contributed by atoms with Crippen LogP contribution >= 0.6 is 0 Å². The van der Waals surface area contributed by atoms with Crippen molar-refractivity contribution < 1.29 is 49.1 Å². The van der Waals surface area contributed by atoms with Crippen LogP contribution in [-0.4, -0.2) is 44.4 Å². The summed E-state index contributed by atoms with van der Waals surface area (Å²) in [6.45, 7) is 0.0570. The van der Waals surface area contributed by atoms with E-state index in [4.69, 9.17) is 4.74 Å². The molecular formula is C28H28F6N2O5S. The molecule has 2 aliphatic rings. The van der Waals surface area contributed by atoms with Crippen molar-refractivity contribution >= 4 is 27.4 Å². The van der Waals surface area contributed by atoms with Crippen LogP contribution in [0.5, 0.6) is 5.75 Å². The Kier molecular flexibility index (Phi) is 8.95. The molecule has 2 N–H and O–H groups in total. The highest BCUT2D eigenvalue weighted by molar-refractivity contribution is 7.91. The second-order valence-corrected chi connectivity index (χ2v) is 12.2. The maximum atomic E-state index is 14.8. The standard InChI is InChI=1S/C28H28F6N2O5S/c29-27(30,31)15-5-2-6-16-41-20-11-9-19(10-12-20)26(28(32,33)34)17-22(18-7-3-1-4-8-18)23(24(37)35-26)25(38)36-42(39,40)21-13-14-21/h1,3-4,7-12,21H,2,5-6,13-17H2,(H,35,37)(H,36,38)/t26-/m0/s1. The van der Waals surface area contributed by atoms with E-state index >= 15 is 0 Å². The highest BCUT2D eigenvalue weighted by Crippen LogP contribution is 2.48. The van der Waals surface area contributed by atoms with Crippen molar-refractivity contribution in [3.05, 3.63) is 71.3 Å². The van der Waals surface area contributed by atoms with Crippen molar-refractivity contribution in [2.45, 2.75) is 68.1 Å². The Morgan fingerprint density at radius 2 is 1.60 bits per heavy atom. The molecule has 0 spiro atoms. The van der Waals surface area contributed by atoms with Gasteiger partial charge in [0.05, 0.1) is 11.9 Å². The van der Waals surface area contributed by atoms with Gasteiger partial charge in [-0.25, -0.2) is 13.1 Å². The summed E-state index contributed by atoms with van der Waals surface area (Å²) in [5, 5.41) is 1.13. The summed E-state index contributed by atoms with van der Waals surface area (Å²) in [6.07, 6.45) is -9.95. The Morgan fingerprint density at radius 1 is 0.952 bits per heavy atom. The van der Waals surface area contributed by atoms with E-state index in [-0.39, 0.29) is 41.9 Å². The Labute approximate surface area is 238 Å². The molecule has 1 saturated carbocycles. The third kappa shape index (κ3) is 7.26. The minimum absolute atomic E-state index is 0.0570. The van der Waals surface area contributed by atoms with Crippen LogP contribution < -0.4 is 14.8 Å². The molecule has 1 aliphatic carbocycles. The van der Waals surface area contributed by atoms with E-state index in [0.29, 0.717) is 19.3 Å². The number of carbonyl (C=O) groups is 2. The monoisotopic (exact) mass is 618 g/mol. The van der Waals surface area contributed by atoms with Crippen molar-refractivity contribution in [2.24, 2.45) is 0 Å². The first-order valence-corrected chi connectivity index (χ1v) is 14.7. The molecule has 2 amide bonds. The van der Waals surface area contributed by atoms with Crippen LogP contribution in [0.15, 0.2) is 60.2 Å². The van der Waals surface area contributed by atoms with E-state index in [0.717, 1.165) is 12.1 Å². The number of sulfonamides is 1. The van der Waals surface area contributed by atoms with Gasteiger partial charge in [0.2, 0.25) is 10.0 Å². The number of carbonyl (C=O) groups excluding carboxylic acids is 2. The maximum Gasteiger partial charge on any atom is 0.416 e. The summed E-state index contributed by atoms with van der Waals surface area (Å²) in [4.78, 5) is 26.3. The zero-order chi connectivity index (χ0) is 30.8. The third-order valence-electron chi connectivity index (χ3n) is 7.05. The first-order chi connectivity index (χ1) is 19.6. The first kappa shape index (κ1) is 31.4. The second kappa shape index (κ2) is 12.0. The first-order valence-electron chi connectivity index (χ1n) is 13.2. The molecule has 2 aromatic carbocycles. The van der Waals surface area contributed by atoms with Crippen LogP contribution in [0.1, 0.15) is 56.1 Å². The van der Waals surface area contributed by atoms with Gasteiger partial charge >= 0.3 is 12.4 Å². The van der Waals surface area contributed by atoms with E-state index in [2.05, 4.69) is 0 Å². The highest BCUT2D eigenvalue weighted by atomic mass is 32.2. The number of rotatable bonds is 11. The molecule has 1 heterocycles. The van der Waals surface area contributed by atoms with Crippen LogP contribution in [-0.2, 0) is 25.2 Å². The number of alkyl halides is 6. The van der Waals surface area contributed by atoms with Gasteiger partial charge in [0.15, 0.2) is 5.54 Å². The van der Waals surface area contributed by atoms with Crippen molar-refractivity contribution in [1.29, 1.82) is 0 Å². The van der Waals surface area contributed by atoms with Crippen molar-refractivity contribution in [2.75, 3.05) is 6.61 Å². The molecule has 0 radical (unpaired) electrons. The Morgan fingerprint density at radius 3 is 2.17 bits per heavy atom. The topological polar surface area (TPSA) is 102 Å². The molecule has 1 fully saturated rings. The lowest BCUT2D eigenvalue weighted by Crippen LogP contribution is -2.60. The molecule has 0 unspecified atom stereocenters. The lowest BCUT2D eigenvalue weighted by molar-refractivity contribution is -0.201. The van der Waals surface area contributed by atoms with Crippen LogP contribution in [0, 0.1) is 0 Å². The Bertz CT molecular complexity index is 1440. The Hall–Kier alpha value is -3.55. The molecule has 1 aliphatic heterocycles. The lowest BCUT2D eigenvalue weighted by atomic mass is 9.76. The normalized spacial score (nSPS) is 19.8. The summed E-state index contributed by atoms with van der Waals surface area (Å²) >= 11 is 0. The van der Waals surface area contributed by atoms with Crippen LogP contribution in [0.2, 0.25) is 0 Å². The van der Waals surface area contributed by atoms with Gasteiger partial charge in [-0.1, -0.05) is 42.5 Å². The van der Waals surface area contributed by atoms with Gasteiger partial charge < -0.3 is 10.1 Å². The van der Waals surface area contributed by atoms with Gasteiger partial charge in [-0.05, 0) is 60.9 Å². The summed E-state index contributed by atoms with van der Waals surface area (Å²) in [5.74, 6) is -2.52. The number of ether oxygens (including phenoxy) is 1. The zero-order valence-corrected chi connectivity index (χ0v) is 23.0. The van der Waals surface area contributed by atoms with E-state index in [9.17, 15) is 44.3 Å². The van der Waals surface area contributed by atoms with E-state index in [1.165, 1.54) is 36.4 Å². The summed E-state index contributed by atoms with van der Waals surface area (Å²) in [7, 11) is -4.10. The number of hydrogen-bond donors (Lipinski definition) is 2. The third-order valence-corrected chi connectivity index (χ3v) is 8.87. The maximum absolute atomic E-state index is 14.8. The SMILES string of the molecule is O=C1N[C@@](c2ccc(OCCCCCC(F)(F)F)cc2)(C(F)(F)F)CC(c2ccccc2)=C1C(=O)NS(=O)(=O)C1CC1. The Balaban J connectivity index is 1.61. The minimum Gasteiger partial charge on any atom is -0.494 e. The molecule has 0 saturated heterocycles. The average Bonchev–Trinajstić information content (AvgIpc) is 3.76. The number of nitrogens with one attached hydrogen (secondary N) is 2. The lowest BCUT2D eigenvalue weighted by Gasteiger charge is -2.41. The molecule has 4 rings (SSSR count). The second-order valence-electron chi connectivity index (χ2n) is 10.2. The minimum atomic E-state index is -5.05. The molecule has 2 aromatic rings. The summed E-state index contributed by atoms with van der Waals surface area (Å²) in [6, 6.07) is 12.2. The quantitative estimate of drug-likeness (QED) is 0.196. The van der Waals surface area contributed by atoms with Gasteiger partial charge in [0.1, 0.15) is 11.3 Å². The summed E-state index contributed by atoms with van der Waals surface area (Å²) in [5.41, 5.74) is -4.19. The van der Waals surface area contributed by atoms with Crippen molar-refractivity contribution in [1.82, 2.24) is 10.0 Å². The van der Waals surface area contributed by atoms with Gasteiger partial charge in [-0.2, -0.15) is 26.3 Å². The molecule has 1 atom stereocenters. The highest BCUT2D eigenvalue weighted by Gasteiger charge is 2.60. The zero-order valence-electron chi connectivity index (χ0n) is 22.1. The van der Waals surface area contributed by atoms with Gasteiger partial charge in [0.25, 0.3) is 11.8 Å². The molecule has 228 valence electrons. The summed E-state index contributed by atoms with van der Waals surface area (Å²) < 4.78 is 113. The molecule has 0 bridgehead atoms. The van der Waals surface area contributed by atoms with Crippen LogP contribution in [0.3, 0.4) is 0 Å². The van der Waals surface area contributed by atoms with E-state index < -0.39 is 63.4 Å². The van der Waals surface area contributed by atoms with E-state index in [1.54, 1.807) is 6.07 Å². The number of hydrogen-bond acceptors (Lipinski definition) is 5. The van der Waals surface area contributed by atoms with Crippen LogP contribution in [0.25, 0.3) is 5.57 Å². The molecule has 42 heavy (non-hydrogen) atoms. The van der Waals surface area contributed by atoms with Crippen molar-refractivity contribution in [3.8, 4) is 5.75 Å². The average molecular weight is 619 g/mol. The van der Waals surface area contributed by atoms with Gasteiger partial charge in [0, 0.05) is 12.8 Å². The van der Waals surface area contributed by atoms with Crippen molar-refractivity contribution in [3.63, 3.8) is 0 Å². The van der Waals surface area contributed by atoms with Crippen LogP contribution in [0.4, 0.5) is 26.3 Å². The smallest absolute Gasteiger partial charge is 0.416 e. The largest absolute Gasteiger partial charge is 0.494 e. The molecular weight excluding hydrogens is 590 g/mol. The van der Waals surface area contributed by atoms with E-state index in [1.807, 2.05) is 10.0 Å².